The maximum atomic E-state index is 12.9. The van der Waals surface area contributed by atoms with Gasteiger partial charge >= 0.3 is 0 Å². The summed E-state index contributed by atoms with van der Waals surface area (Å²) in [4.78, 5) is 31.3. The van der Waals surface area contributed by atoms with Crippen LogP contribution in [0.1, 0.15) is 58.9 Å². The van der Waals surface area contributed by atoms with E-state index in [2.05, 4.69) is 17.2 Å². The van der Waals surface area contributed by atoms with Crippen LogP contribution < -0.4 is 5.32 Å². The summed E-state index contributed by atoms with van der Waals surface area (Å²) < 4.78 is 12.9. The smallest absolute Gasteiger partial charge is 0.255 e. The topological polar surface area (TPSA) is 62.3 Å². The third-order valence-corrected chi connectivity index (χ3v) is 4.97. The largest absolute Gasteiger partial charge is 0.348 e. The standard InChI is InChI=1S/C21H24FN3O2/c1-2-19-5-3-4-10-25(19)21(27)17-11-16(13-23-14-17)20(26)24-12-15-6-8-18(22)9-7-15/h6-9,11,13-14,19H,2-5,10,12H2,1H3,(H,24,26). The van der Waals surface area contributed by atoms with Crippen LogP contribution in [0.25, 0.3) is 0 Å². The lowest BCUT2D eigenvalue weighted by Gasteiger charge is -2.35. The van der Waals surface area contributed by atoms with Crippen molar-refractivity contribution in [3.63, 3.8) is 0 Å². The highest BCUT2D eigenvalue weighted by Crippen LogP contribution is 2.21. The Bertz CT molecular complexity index is 807. The number of rotatable bonds is 5. The predicted molar refractivity (Wildman–Crippen MR) is 101 cm³/mol. The number of aromatic nitrogens is 1. The van der Waals surface area contributed by atoms with Crippen molar-refractivity contribution in [2.75, 3.05) is 6.54 Å². The van der Waals surface area contributed by atoms with Gasteiger partial charge in [0.05, 0.1) is 11.1 Å². The van der Waals surface area contributed by atoms with Crippen molar-refractivity contribution < 1.29 is 14.0 Å². The molecular weight excluding hydrogens is 345 g/mol. The molecule has 2 heterocycles. The molecule has 1 saturated heterocycles. The molecule has 142 valence electrons. The number of nitrogens with one attached hydrogen (secondary N) is 1. The molecule has 0 bridgehead atoms. The first-order valence-electron chi connectivity index (χ1n) is 9.37. The van der Waals surface area contributed by atoms with Gasteiger partial charge < -0.3 is 10.2 Å². The second-order valence-corrected chi connectivity index (χ2v) is 6.83. The fourth-order valence-electron chi connectivity index (χ4n) is 3.43. The van der Waals surface area contributed by atoms with Crippen LogP contribution in [0.5, 0.6) is 0 Å². The molecule has 1 fully saturated rings. The van der Waals surface area contributed by atoms with E-state index in [0.29, 0.717) is 11.1 Å². The van der Waals surface area contributed by atoms with Crippen molar-refractivity contribution >= 4 is 11.8 Å². The summed E-state index contributed by atoms with van der Waals surface area (Å²) >= 11 is 0. The van der Waals surface area contributed by atoms with E-state index in [1.807, 2.05) is 4.90 Å². The van der Waals surface area contributed by atoms with Gasteiger partial charge in [-0.05, 0) is 49.4 Å². The van der Waals surface area contributed by atoms with Crippen molar-refractivity contribution in [3.05, 3.63) is 65.2 Å². The Morgan fingerprint density at radius 3 is 2.67 bits per heavy atom. The first kappa shape index (κ1) is 19.0. The van der Waals surface area contributed by atoms with Crippen LogP contribution in [0.15, 0.2) is 42.7 Å². The van der Waals surface area contributed by atoms with Crippen LogP contribution in [0.3, 0.4) is 0 Å². The van der Waals surface area contributed by atoms with Crippen molar-refractivity contribution in [2.24, 2.45) is 0 Å². The van der Waals surface area contributed by atoms with Crippen LogP contribution in [-0.2, 0) is 6.54 Å². The van der Waals surface area contributed by atoms with Crippen LogP contribution in [0.2, 0.25) is 0 Å². The molecule has 1 aliphatic heterocycles. The molecular formula is C21H24FN3O2. The van der Waals surface area contributed by atoms with E-state index >= 15 is 0 Å². The van der Waals surface area contributed by atoms with Gasteiger partial charge in [-0.3, -0.25) is 14.6 Å². The average molecular weight is 369 g/mol. The maximum Gasteiger partial charge on any atom is 0.255 e. The van der Waals surface area contributed by atoms with Gasteiger partial charge in [0, 0.05) is 31.5 Å². The molecule has 0 saturated carbocycles. The second kappa shape index (κ2) is 8.75. The SMILES string of the molecule is CCC1CCCCN1C(=O)c1cncc(C(=O)NCc2ccc(F)cc2)c1. The summed E-state index contributed by atoms with van der Waals surface area (Å²) in [6, 6.07) is 7.79. The number of halogens is 1. The van der Waals surface area contributed by atoms with Crippen molar-refractivity contribution in [3.8, 4) is 0 Å². The molecule has 1 unspecified atom stereocenters. The van der Waals surface area contributed by atoms with Crippen LogP contribution in [0.4, 0.5) is 4.39 Å². The van der Waals surface area contributed by atoms with Crippen LogP contribution in [-0.4, -0.2) is 34.3 Å². The first-order chi connectivity index (χ1) is 13.1. The lowest BCUT2D eigenvalue weighted by atomic mass is 9.99. The molecule has 1 aromatic heterocycles. The Balaban J connectivity index is 1.67. The Morgan fingerprint density at radius 2 is 1.93 bits per heavy atom. The van der Waals surface area contributed by atoms with E-state index in [1.54, 1.807) is 18.2 Å². The number of nitrogens with zero attached hydrogens (tertiary/aromatic N) is 2. The number of hydrogen-bond acceptors (Lipinski definition) is 3. The molecule has 27 heavy (non-hydrogen) atoms. The quantitative estimate of drug-likeness (QED) is 0.877. The zero-order chi connectivity index (χ0) is 19.2. The highest BCUT2D eigenvalue weighted by molar-refractivity contribution is 5.99. The summed E-state index contributed by atoms with van der Waals surface area (Å²) in [6.45, 7) is 3.12. The van der Waals surface area contributed by atoms with E-state index in [9.17, 15) is 14.0 Å². The van der Waals surface area contributed by atoms with Gasteiger partial charge in [0.25, 0.3) is 11.8 Å². The van der Waals surface area contributed by atoms with Gasteiger partial charge in [0.2, 0.25) is 0 Å². The molecule has 3 rings (SSSR count). The third-order valence-electron chi connectivity index (χ3n) is 4.97. The minimum Gasteiger partial charge on any atom is -0.348 e. The minimum absolute atomic E-state index is 0.0674. The third kappa shape index (κ3) is 4.70. The van der Waals surface area contributed by atoms with Crippen LogP contribution in [0, 0.1) is 5.82 Å². The fraction of sp³-hybridized carbons (Fsp3) is 0.381. The molecule has 1 aromatic carbocycles. The number of hydrogen-bond donors (Lipinski definition) is 1. The summed E-state index contributed by atoms with van der Waals surface area (Å²) in [5, 5.41) is 2.77. The molecule has 6 heteroatoms. The lowest BCUT2D eigenvalue weighted by molar-refractivity contribution is 0.0607. The fourth-order valence-corrected chi connectivity index (χ4v) is 3.43. The zero-order valence-electron chi connectivity index (χ0n) is 15.5. The first-order valence-corrected chi connectivity index (χ1v) is 9.37. The van der Waals surface area contributed by atoms with Gasteiger partial charge in [0.15, 0.2) is 0 Å². The number of carbonyl (C=O) groups is 2. The average Bonchev–Trinajstić information content (AvgIpc) is 2.72. The number of carbonyl (C=O) groups excluding carboxylic acids is 2. The Labute approximate surface area is 158 Å². The molecule has 0 radical (unpaired) electrons. The summed E-state index contributed by atoms with van der Waals surface area (Å²) in [7, 11) is 0. The predicted octanol–water partition coefficient (Wildman–Crippen LogP) is 3.56. The highest BCUT2D eigenvalue weighted by atomic mass is 19.1. The lowest BCUT2D eigenvalue weighted by Crippen LogP contribution is -2.43. The molecule has 1 atom stereocenters. The number of piperidine rings is 1. The number of likely N-dealkylation sites (tertiary alicyclic amines) is 1. The molecule has 1 N–H and O–H groups in total. The van der Waals surface area contributed by atoms with E-state index in [-0.39, 0.29) is 30.2 Å². The summed E-state index contributed by atoms with van der Waals surface area (Å²) in [5.74, 6) is -0.696. The Morgan fingerprint density at radius 1 is 1.19 bits per heavy atom. The highest BCUT2D eigenvalue weighted by Gasteiger charge is 2.26. The van der Waals surface area contributed by atoms with E-state index in [0.717, 1.165) is 37.8 Å². The van der Waals surface area contributed by atoms with E-state index < -0.39 is 0 Å². The number of amides is 2. The van der Waals surface area contributed by atoms with Crippen molar-refractivity contribution in [1.29, 1.82) is 0 Å². The summed E-state index contributed by atoms with van der Waals surface area (Å²) in [6.07, 6.45) is 7.06. The molecule has 2 amide bonds. The number of benzene rings is 1. The molecule has 5 nitrogen and oxygen atoms in total. The van der Waals surface area contributed by atoms with Crippen LogP contribution >= 0.6 is 0 Å². The van der Waals surface area contributed by atoms with E-state index in [1.165, 1.54) is 24.5 Å². The zero-order valence-corrected chi connectivity index (χ0v) is 15.5. The van der Waals surface area contributed by atoms with E-state index in [4.69, 9.17) is 0 Å². The van der Waals surface area contributed by atoms with Gasteiger partial charge in [-0.1, -0.05) is 19.1 Å². The molecule has 1 aliphatic rings. The van der Waals surface area contributed by atoms with Gasteiger partial charge in [-0.25, -0.2) is 4.39 Å². The molecule has 2 aromatic rings. The summed E-state index contributed by atoms with van der Waals surface area (Å²) in [5.41, 5.74) is 1.57. The molecule has 0 spiro atoms. The minimum atomic E-state index is -0.316. The second-order valence-electron chi connectivity index (χ2n) is 6.83. The van der Waals surface area contributed by atoms with Crippen molar-refractivity contribution in [1.82, 2.24) is 15.2 Å². The Hall–Kier alpha value is -2.76. The monoisotopic (exact) mass is 369 g/mol. The number of pyridine rings is 1. The van der Waals surface area contributed by atoms with Gasteiger partial charge in [-0.2, -0.15) is 0 Å². The maximum absolute atomic E-state index is 12.9. The van der Waals surface area contributed by atoms with Gasteiger partial charge in [0.1, 0.15) is 5.82 Å². The Kier molecular flexibility index (Phi) is 6.16. The normalized spacial score (nSPS) is 16.8. The van der Waals surface area contributed by atoms with Gasteiger partial charge in [-0.15, -0.1) is 0 Å². The molecule has 0 aliphatic carbocycles. The van der Waals surface area contributed by atoms with Crippen molar-refractivity contribution in [2.45, 2.75) is 45.2 Å².